The number of methoxy groups -OCH3 is 2. The average molecular weight is 489 g/mol. The van der Waals surface area contributed by atoms with Crippen molar-refractivity contribution >= 4 is 29.3 Å². The SMILES string of the molecule is CCOCc1cc(OC)c(-c2ccc(C(C)(C)C(N)C(=O)O)c3ccc(C)nc23)c(OC)c1.Cl. The number of halogens is 1. The molecule has 2 aromatic carbocycles. The van der Waals surface area contributed by atoms with Crippen LogP contribution in [0.25, 0.3) is 22.0 Å². The number of ether oxygens (including phenoxy) is 3. The summed E-state index contributed by atoms with van der Waals surface area (Å²) in [6.07, 6.45) is 0. The molecule has 3 rings (SSSR count). The first-order valence-corrected chi connectivity index (χ1v) is 10.9. The van der Waals surface area contributed by atoms with Crippen molar-refractivity contribution in [3.05, 3.63) is 53.2 Å². The summed E-state index contributed by atoms with van der Waals surface area (Å²) in [4.78, 5) is 16.5. The van der Waals surface area contributed by atoms with Crippen molar-refractivity contribution in [3.63, 3.8) is 0 Å². The number of carbonyl (C=O) groups is 1. The molecule has 1 aromatic heterocycles. The van der Waals surface area contributed by atoms with Gasteiger partial charge in [-0.2, -0.15) is 0 Å². The van der Waals surface area contributed by atoms with Crippen molar-refractivity contribution in [2.75, 3.05) is 20.8 Å². The number of hydrogen-bond acceptors (Lipinski definition) is 6. The van der Waals surface area contributed by atoms with E-state index in [4.69, 9.17) is 24.9 Å². The van der Waals surface area contributed by atoms with E-state index in [1.165, 1.54) is 0 Å². The average Bonchev–Trinajstić information content (AvgIpc) is 2.80. The number of hydrogen-bond donors (Lipinski definition) is 2. The van der Waals surface area contributed by atoms with Gasteiger partial charge in [0.1, 0.15) is 17.5 Å². The zero-order chi connectivity index (χ0) is 24.3. The van der Waals surface area contributed by atoms with Gasteiger partial charge in [0.05, 0.1) is 31.9 Å². The predicted molar refractivity (Wildman–Crippen MR) is 136 cm³/mol. The molecule has 0 amide bonds. The molecule has 0 radical (unpaired) electrons. The lowest BCUT2D eigenvalue weighted by Crippen LogP contribution is -2.46. The van der Waals surface area contributed by atoms with Gasteiger partial charge in [-0.15, -0.1) is 12.4 Å². The highest BCUT2D eigenvalue weighted by atomic mass is 35.5. The van der Waals surface area contributed by atoms with Crippen LogP contribution in [0.1, 0.15) is 37.6 Å². The molecule has 0 saturated carbocycles. The van der Waals surface area contributed by atoms with Gasteiger partial charge in [0.2, 0.25) is 0 Å². The topological polar surface area (TPSA) is 104 Å². The first-order chi connectivity index (χ1) is 15.6. The van der Waals surface area contributed by atoms with E-state index in [0.717, 1.165) is 38.9 Å². The third kappa shape index (κ3) is 5.12. The Balaban J connectivity index is 0.00000408. The van der Waals surface area contributed by atoms with Gasteiger partial charge in [0.15, 0.2) is 0 Å². The zero-order valence-corrected chi connectivity index (χ0v) is 21.3. The molecule has 1 atom stereocenters. The Morgan fingerprint density at radius 1 is 1.12 bits per heavy atom. The van der Waals surface area contributed by atoms with E-state index in [0.29, 0.717) is 24.7 Å². The molecule has 0 bridgehead atoms. The van der Waals surface area contributed by atoms with Crippen LogP contribution in [0, 0.1) is 6.92 Å². The lowest BCUT2D eigenvalue weighted by Gasteiger charge is -2.31. The highest BCUT2D eigenvalue weighted by Gasteiger charge is 2.35. The van der Waals surface area contributed by atoms with Gasteiger partial charge in [0, 0.05) is 28.7 Å². The largest absolute Gasteiger partial charge is 0.496 e. The molecule has 0 fully saturated rings. The van der Waals surface area contributed by atoms with Crippen LogP contribution in [-0.2, 0) is 21.6 Å². The Kier molecular flexibility index (Phi) is 8.89. The smallest absolute Gasteiger partial charge is 0.321 e. The van der Waals surface area contributed by atoms with Crippen LogP contribution in [0.5, 0.6) is 11.5 Å². The van der Waals surface area contributed by atoms with Crippen LogP contribution in [0.4, 0.5) is 0 Å². The third-order valence-corrected chi connectivity index (χ3v) is 6.04. The van der Waals surface area contributed by atoms with E-state index >= 15 is 0 Å². The summed E-state index contributed by atoms with van der Waals surface area (Å²) in [5, 5.41) is 10.4. The summed E-state index contributed by atoms with van der Waals surface area (Å²) >= 11 is 0. The summed E-state index contributed by atoms with van der Waals surface area (Å²) in [5.74, 6) is 0.233. The number of carboxylic acids is 1. The van der Waals surface area contributed by atoms with Crippen LogP contribution < -0.4 is 15.2 Å². The van der Waals surface area contributed by atoms with Crippen LogP contribution in [0.15, 0.2) is 36.4 Å². The van der Waals surface area contributed by atoms with Gasteiger partial charge in [0.25, 0.3) is 0 Å². The van der Waals surface area contributed by atoms with Crippen LogP contribution in [0.3, 0.4) is 0 Å². The number of aryl methyl sites for hydroxylation is 1. The van der Waals surface area contributed by atoms with E-state index in [9.17, 15) is 9.90 Å². The molecule has 8 heteroatoms. The van der Waals surface area contributed by atoms with E-state index in [2.05, 4.69) is 0 Å². The van der Waals surface area contributed by atoms with Gasteiger partial charge in [-0.25, -0.2) is 0 Å². The van der Waals surface area contributed by atoms with Gasteiger partial charge < -0.3 is 25.1 Å². The molecule has 184 valence electrons. The minimum atomic E-state index is -1.07. The lowest BCUT2D eigenvalue weighted by molar-refractivity contribution is -0.140. The fraction of sp³-hybridized carbons (Fsp3) is 0.385. The molecular weight excluding hydrogens is 456 g/mol. The van der Waals surface area contributed by atoms with Crippen molar-refractivity contribution in [1.82, 2.24) is 4.98 Å². The second kappa shape index (κ2) is 11.0. The Labute approximate surface area is 206 Å². The molecule has 7 nitrogen and oxygen atoms in total. The maximum Gasteiger partial charge on any atom is 0.321 e. The third-order valence-electron chi connectivity index (χ3n) is 6.04. The van der Waals surface area contributed by atoms with Crippen molar-refractivity contribution < 1.29 is 24.1 Å². The Morgan fingerprint density at radius 3 is 2.26 bits per heavy atom. The normalized spacial score (nSPS) is 12.2. The summed E-state index contributed by atoms with van der Waals surface area (Å²) in [5.41, 5.74) is 10.2. The predicted octanol–water partition coefficient (Wildman–Crippen LogP) is 4.88. The van der Waals surface area contributed by atoms with E-state index in [-0.39, 0.29) is 12.4 Å². The number of nitrogens with two attached hydrogens (primary N) is 1. The quantitative estimate of drug-likeness (QED) is 0.442. The first-order valence-electron chi connectivity index (χ1n) is 10.9. The first kappa shape index (κ1) is 27.4. The standard InChI is InChI=1S/C26H32N2O5.ClH/c1-7-33-14-16-12-20(31-5)22(21(13-16)32-6)18-10-11-19(26(3,4)24(27)25(29)30)17-9-8-15(2)28-23(17)18;/h8-13,24H,7,14,27H2,1-6H3,(H,29,30);1H. The summed E-state index contributed by atoms with van der Waals surface area (Å²) in [6.45, 7) is 8.59. The number of aromatic nitrogens is 1. The second-order valence-electron chi connectivity index (χ2n) is 8.56. The Morgan fingerprint density at radius 2 is 1.74 bits per heavy atom. The van der Waals surface area contributed by atoms with Crippen molar-refractivity contribution in [1.29, 1.82) is 0 Å². The molecule has 0 spiro atoms. The molecule has 0 aliphatic rings. The maximum absolute atomic E-state index is 11.7. The van der Waals surface area contributed by atoms with E-state index in [1.54, 1.807) is 14.2 Å². The highest BCUT2D eigenvalue weighted by Crippen LogP contribution is 2.44. The number of rotatable bonds is 9. The van der Waals surface area contributed by atoms with Crippen LogP contribution in [-0.4, -0.2) is 42.9 Å². The second-order valence-corrected chi connectivity index (χ2v) is 8.56. The number of nitrogens with zero attached hydrogens (tertiary/aromatic N) is 1. The van der Waals surface area contributed by atoms with Gasteiger partial charge in [-0.1, -0.05) is 32.0 Å². The maximum atomic E-state index is 11.7. The molecule has 0 aliphatic heterocycles. The number of pyridine rings is 1. The minimum absolute atomic E-state index is 0. The van der Waals surface area contributed by atoms with Crippen molar-refractivity contribution in [3.8, 4) is 22.6 Å². The van der Waals surface area contributed by atoms with Crippen LogP contribution >= 0.6 is 12.4 Å². The summed E-state index contributed by atoms with van der Waals surface area (Å²) in [6, 6.07) is 10.5. The Bertz CT molecular complexity index is 1150. The monoisotopic (exact) mass is 488 g/mol. The summed E-state index contributed by atoms with van der Waals surface area (Å²) < 4.78 is 17.1. The zero-order valence-electron chi connectivity index (χ0n) is 20.5. The summed E-state index contributed by atoms with van der Waals surface area (Å²) in [7, 11) is 3.24. The van der Waals surface area contributed by atoms with Gasteiger partial charge in [-0.05, 0) is 43.2 Å². The molecule has 1 heterocycles. The minimum Gasteiger partial charge on any atom is -0.496 e. The van der Waals surface area contributed by atoms with E-state index in [1.807, 2.05) is 64.1 Å². The molecule has 1 unspecified atom stereocenters. The molecule has 0 aliphatic carbocycles. The lowest BCUT2D eigenvalue weighted by atomic mass is 9.75. The van der Waals surface area contributed by atoms with Crippen molar-refractivity contribution in [2.24, 2.45) is 5.73 Å². The van der Waals surface area contributed by atoms with Crippen molar-refractivity contribution in [2.45, 2.75) is 45.8 Å². The molecule has 34 heavy (non-hydrogen) atoms. The molecule has 3 N–H and O–H groups in total. The number of benzene rings is 2. The number of aliphatic carboxylic acids is 1. The fourth-order valence-corrected chi connectivity index (χ4v) is 4.09. The molecular formula is C26H33ClN2O5. The van der Waals surface area contributed by atoms with Gasteiger partial charge in [-0.3, -0.25) is 9.78 Å². The fourth-order valence-electron chi connectivity index (χ4n) is 4.09. The number of carboxylic acid groups (broad SMARTS) is 1. The van der Waals surface area contributed by atoms with Crippen LogP contribution in [0.2, 0.25) is 0 Å². The molecule has 3 aromatic rings. The number of fused-ring (bicyclic) bond motifs is 1. The van der Waals surface area contributed by atoms with E-state index < -0.39 is 17.4 Å². The molecule has 0 saturated heterocycles. The Hall–Kier alpha value is -2.87. The van der Waals surface area contributed by atoms with Gasteiger partial charge >= 0.3 is 5.97 Å². The highest BCUT2D eigenvalue weighted by molar-refractivity contribution is 5.99.